The quantitative estimate of drug-likeness (QED) is 0.389. The van der Waals surface area contributed by atoms with Crippen LogP contribution in [0.5, 0.6) is 0 Å². The van der Waals surface area contributed by atoms with Crippen LogP contribution in [0.2, 0.25) is 0 Å². The van der Waals surface area contributed by atoms with Gasteiger partial charge < -0.3 is 5.43 Å². The molecule has 0 saturated carbocycles. The lowest BCUT2D eigenvalue weighted by Crippen LogP contribution is -2.36. The third-order valence-corrected chi connectivity index (χ3v) is 5.57. The first kappa shape index (κ1) is 17.7. The first-order valence-corrected chi connectivity index (χ1v) is 8.63. The maximum absolute atomic E-state index is 12.3. The number of hydrogen-bond acceptors (Lipinski definition) is 7. The van der Waals surface area contributed by atoms with Gasteiger partial charge in [0.2, 0.25) is 10.0 Å². The standard InChI is InChI=1S/C11H18N4O4S2/c1-11(2,20-3)7-13-21(18,19)10-5-4-8(15(16)17)6-9(10)14-12/h4-6,13-14H,7,12H2,1-3H3. The largest absolute Gasteiger partial charge is 0.323 e. The van der Waals surface area contributed by atoms with Crippen LogP contribution in [0.15, 0.2) is 23.1 Å². The number of hydrazine groups is 1. The number of rotatable bonds is 7. The molecule has 10 heteroatoms. The minimum atomic E-state index is -3.82. The molecule has 0 radical (unpaired) electrons. The average molecular weight is 334 g/mol. The van der Waals surface area contributed by atoms with E-state index in [1.54, 1.807) is 0 Å². The minimum Gasteiger partial charge on any atom is -0.323 e. The molecule has 118 valence electrons. The van der Waals surface area contributed by atoms with Crippen LogP contribution in [0.4, 0.5) is 11.4 Å². The monoisotopic (exact) mass is 334 g/mol. The van der Waals surface area contributed by atoms with Crippen molar-refractivity contribution < 1.29 is 13.3 Å². The van der Waals surface area contributed by atoms with Gasteiger partial charge in [-0.15, -0.1) is 0 Å². The molecule has 8 nitrogen and oxygen atoms in total. The van der Waals surface area contributed by atoms with Crippen molar-refractivity contribution in [2.75, 3.05) is 18.2 Å². The van der Waals surface area contributed by atoms with E-state index in [9.17, 15) is 18.5 Å². The Morgan fingerprint density at radius 3 is 2.52 bits per heavy atom. The Morgan fingerprint density at radius 2 is 2.05 bits per heavy atom. The number of benzene rings is 1. The van der Waals surface area contributed by atoms with Gasteiger partial charge in [-0.1, -0.05) is 0 Å². The number of nitrogens with two attached hydrogens (primary N) is 1. The van der Waals surface area contributed by atoms with Crippen molar-refractivity contribution in [3.05, 3.63) is 28.3 Å². The maximum atomic E-state index is 12.3. The van der Waals surface area contributed by atoms with Gasteiger partial charge in [-0.2, -0.15) is 11.8 Å². The zero-order valence-corrected chi connectivity index (χ0v) is 13.5. The van der Waals surface area contributed by atoms with E-state index >= 15 is 0 Å². The highest BCUT2D eigenvalue weighted by atomic mass is 32.2. The molecule has 1 aromatic rings. The van der Waals surface area contributed by atoms with Crippen molar-refractivity contribution >= 4 is 33.2 Å². The van der Waals surface area contributed by atoms with Crippen molar-refractivity contribution in [1.82, 2.24) is 4.72 Å². The fourth-order valence-electron chi connectivity index (χ4n) is 1.40. The van der Waals surface area contributed by atoms with Crippen LogP contribution in [-0.2, 0) is 10.0 Å². The summed E-state index contributed by atoms with van der Waals surface area (Å²) in [7, 11) is -3.82. The van der Waals surface area contributed by atoms with Crippen molar-refractivity contribution in [2.24, 2.45) is 5.84 Å². The second-order valence-electron chi connectivity index (χ2n) is 4.87. The molecule has 1 aromatic carbocycles. The lowest BCUT2D eigenvalue weighted by Gasteiger charge is -2.22. The lowest BCUT2D eigenvalue weighted by molar-refractivity contribution is -0.384. The smallest absolute Gasteiger partial charge is 0.271 e. The molecule has 0 saturated heterocycles. The average Bonchev–Trinajstić information content (AvgIpc) is 2.44. The molecule has 0 aliphatic heterocycles. The van der Waals surface area contributed by atoms with E-state index in [1.807, 2.05) is 20.1 Å². The fraction of sp³-hybridized carbons (Fsp3) is 0.455. The molecular weight excluding hydrogens is 316 g/mol. The second-order valence-corrected chi connectivity index (χ2v) is 8.12. The Bertz CT molecular complexity index is 631. The summed E-state index contributed by atoms with van der Waals surface area (Å²) in [5.74, 6) is 5.26. The van der Waals surface area contributed by atoms with Gasteiger partial charge >= 0.3 is 0 Å². The van der Waals surface area contributed by atoms with E-state index in [-0.39, 0.29) is 27.6 Å². The highest BCUT2D eigenvalue weighted by Gasteiger charge is 2.24. The van der Waals surface area contributed by atoms with Crippen LogP contribution < -0.4 is 16.0 Å². The fourth-order valence-corrected chi connectivity index (χ4v) is 3.07. The number of sulfonamides is 1. The van der Waals surface area contributed by atoms with Crippen molar-refractivity contribution in [3.63, 3.8) is 0 Å². The second kappa shape index (κ2) is 6.60. The van der Waals surface area contributed by atoms with Crippen LogP contribution in [0.1, 0.15) is 13.8 Å². The predicted octanol–water partition coefficient (Wildman–Crippen LogP) is 1.30. The van der Waals surface area contributed by atoms with Gasteiger partial charge in [0.05, 0.1) is 10.6 Å². The molecule has 0 aromatic heterocycles. The van der Waals surface area contributed by atoms with Crippen molar-refractivity contribution in [1.29, 1.82) is 0 Å². The summed E-state index contributed by atoms with van der Waals surface area (Å²) in [5, 5.41) is 10.7. The van der Waals surface area contributed by atoms with E-state index in [2.05, 4.69) is 10.1 Å². The highest BCUT2D eigenvalue weighted by molar-refractivity contribution is 8.00. The molecular formula is C11H18N4O4S2. The van der Waals surface area contributed by atoms with Gasteiger partial charge in [-0.25, -0.2) is 13.1 Å². The number of non-ortho nitro benzene ring substituents is 1. The molecule has 0 spiro atoms. The van der Waals surface area contributed by atoms with Crippen LogP contribution in [0.25, 0.3) is 0 Å². The Labute approximate surface area is 127 Å². The first-order valence-electron chi connectivity index (χ1n) is 5.93. The molecule has 0 bridgehead atoms. The van der Waals surface area contributed by atoms with E-state index in [0.717, 1.165) is 18.2 Å². The molecule has 0 amide bonds. The Hall–Kier alpha value is -1.36. The number of nitrogens with zero attached hydrogens (tertiary/aromatic N) is 1. The molecule has 21 heavy (non-hydrogen) atoms. The van der Waals surface area contributed by atoms with Gasteiger partial charge in [-0.3, -0.25) is 16.0 Å². The van der Waals surface area contributed by atoms with Crippen molar-refractivity contribution in [2.45, 2.75) is 23.5 Å². The number of nitro groups is 1. The number of nitrogens with one attached hydrogen (secondary N) is 2. The third kappa shape index (κ3) is 4.56. The highest BCUT2D eigenvalue weighted by Crippen LogP contribution is 2.26. The van der Waals surface area contributed by atoms with Gasteiger partial charge in [-0.05, 0) is 26.2 Å². The van der Waals surface area contributed by atoms with Crippen LogP contribution in [0.3, 0.4) is 0 Å². The van der Waals surface area contributed by atoms with E-state index < -0.39 is 14.9 Å². The summed E-state index contributed by atoms with van der Waals surface area (Å²) in [5.41, 5.74) is 1.91. The van der Waals surface area contributed by atoms with Gasteiger partial charge in [0.1, 0.15) is 4.90 Å². The summed E-state index contributed by atoms with van der Waals surface area (Å²) >= 11 is 1.52. The van der Waals surface area contributed by atoms with E-state index in [1.165, 1.54) is 11.8 Å². The van der Waals surface area contributed by atoms with Crippen molar-refractivity contribution in [3.8, 4) is 0 Å². The van der Waals surface area contributed by atoms with Gasteiger partial charge in [0.25, 0.3) is 5.69 Å². The molecule has 0 fully saturated rings. The topological polar surface area (TPSA) is 127 Å². The van der Waals surface area contributed by atoms with E-state index in [0.29, 0.717) is 0 Å². The number of nitrogen functional groups attached to an aromatic ring is 1. The number of thioether (sulfide) groups is 1. The number of nitro benzene ring substituents is 1. The molecule has 0 unspecified atom stereocenters. The number of anilines is 1. The van der Waals surface area contributed by atoms with Crippen LogP contribution in [0, 0.1) is 10.1 Å². The summed E-state index contributed by atoms with van der Waals surface area (Å²) < 4.78 is 26.7. The molecule has 1 rings (SSSR count). The SMILES string of the molecule is CSC(C)(C)CNS(=O)(=O)c1ccc([N+](=O)[O-])cc1NN. The summed E-state index contributed by atoms with van der Waals surface area (Å²) in [6.07, 6.45) is 1.88. The normalized spacial score (nSPS) is 12.2. The number of hydrogen-bond donors (Lipinski definition) is 3. The lowest BCUT2D eigenvalue weighted by atomic mass is 10.2. The molecule has 0 aliphatic rings. The molecule has 4 N–H and O–H groups in total. The third-order valence-electron chi connectivity index (χ3n) is 2.86. The van der Waals surface area contributed by atoms with Crippen LogP contribution >= 0.6 is 11.8 Å². The maximum Gasteiger partial charge on any atom is 0.271 e. The molecule has 0 aliphatic carbocycles. The van der Waals surface area contributed by atoms with Gasteiger partial charge in [0, 0.05) is 23.4 Å². The summed E-state index contributed by atoms with van der Waals surface area (Å²) in [4.78, 5) is 9.94. The zero-order valence-electron chi connectivity index (χ0n) is 11.9. The van der Waals surface area contributed by atoms with E-state index in [4.69, 9.17) is 5.84 Å². The zero-order chi connectivity index (χ0) is 16.3. The molecule has 0 atom stereocenters. The molecule has 0 heterocycles. The Morgan fingerprint density at radius 1 is 1.43 bits per heavy atom. The Kier molecular flexibility index (Phi) is 5.56. The van der Waals surface area contributed by atoms with Gasteiger partial charge in [0.15, 0.2) is 0 Å². The Balaban J connectivity index is 3.11. The first-order chi connectivity index (χ1) is 9.63. The minimum absolute atomic E-state index is 0.0290. The predicted molar refractivity (Wildman–Crippen MR) is 83.7 cm³/mol. The van der Waals surface area contributed by atoms with Crippen LogP contribution in [-0.4, -0.2) is 30.9 Å². The summed E-state index contributed by atoms with van der Waals surface area (Å²) in [6.45, 7) is 4.02. The summed E-state index contributed by atoms with van der Waals surface area (Å²) in [6, 6.07) is 3.35.